The molecule has 1 N–H and O–H groups in total. The molecule has 108 valence electrons. The minimum atomic E-state index is 0.270. The summed E-state index contributed by atoms with van der Waals surface area (Å²) in [6.07, 6.45) is 8.88. The van der Waals surface area contributed by atoms with Crippen molar-refractivity contribution in [3.8, 4) is 0 Å². The molecule has 4 nitrogen and oxygen atoms in total. The number of carbonyl (C=O) groups is 1. The lowest BCUT2D eigenvalue weighted by Gasteiger charge is -2.47. The van der Waals surface area contributed by atoms with Crippen molar-refractivity contribution in [2.24, 2.45) is 0 Å². The molecular formula is C15H27N3O. The number of piperidine rings is 2. The number of likely N-dealkylation sites (N-methyl/N-ethyl adjacent to an activating group) is 1. The van der Waals surface area contributed by atoms with E-state index in [9.17, 15) is 4.79 Å². The van der Waals surface area contributed by atoms with E-state index in [1.54, 1.807) is 0 Å². The van der Waals surface area contributed by atoms with E-state index in [4.69, 9.17) is 0 Å². The first-order chi connectivity index (χ1) is 9.15. The number of rotatable bonds is 4. The summed E-state index contributed by atoms with van der Waals surface area (Å²) in [6, 6.07) is 2.55. The summed E-state index contributed by atoms with van der Waals surface area (Å²) >= 11 is 0. The molecule has 0 aromatic carbocycles. The maximum Gasteiger partial charge on any atom is 0.236 e. The van der Waals surface area contributed by atoms with Crippen LogP contribution in [0.1, 0.15) is 44.9 Å². The van der Waals surface area contributed by atoms with Gasteiger partial charge < -0.3 is 15.1 Å². The van der Waals surface area contributed by atoms with Crippen molar-refractivity contribution in [3.05, 3.63) is 0 Å². The number of hydrogen-bond donors (Lipinski definition) is 1. The Morgan fingerprint density at radius 1 is 1.21 bits per heavy atom. The van der Waals surface area contributed by atoms with Crippen LogP contribution < -0.4 is 5.32 Å². The van der Waals surface area contributed by atoms with E-state index in [1.807, 2.05) is 11.9 Å². The molecule has 0 aromatic heterocycles. The van der Waals surface area contributed by atoms with E-state index >= 15 is 0 Å². The van der Waals surface area contributed by atoms with E-state index in [2.05, 4.69) is 17.3 Å². The number of amides is 1. The second-order valence-electron chi connectivity index (χ2n) is 6.69. The predicted molar refractivity (Wildman–Crippen MR) is 76.0 cm³/mol. The standard InChI is InChI=1S/C15H27N3O/c1-17-13-4-3-5-14(17)9-11(8-13)16-10-15(19)18(2)12-6-7-12/h11-14,16H,3-10H2,1-2H3. The largest absolute Gasteiger partial charge is 0.342 e. The molecule has 0 aromatic rings. The minimum Gasteiger partial charge on any atom is -0.342 e. The van der Waals surface area contributed by atoms with Crippen molar-refractivity contribution >= 4 is 5.91 Å². The number of carbonyl (C=O) groups excluding carboxylic acids is 1. The molecular weight excluding hydrogens is 238 g/mol. The van der Waals surface area contributed by atoms with Crippen LogP contribution in [-0.2, 0) is 4.79 Å². The van der Waals surface area contributed by atoms with Gasteiger partial charge in [-0.15, -0.1) is 0 Å². The SMILES string of the molecule is CN(C(=O)CNC1CC2CCCC(C1)N2C)C1CC1. The lowest BCUT2D eigenvalue weighted by atomic mass is 9.82. The highest BCUT2D eigenvalue weighted by atomic mass is 16.2. The number of nitrogens with one attached hydrogen (secondary N) is 1. The number of fused-ring (bicyclic) bond motifs is 2. The smallest absolute Gasteiger partial charge is 0.236 e. The molecule has 2 aliphatic heterocycles. The van der Waals surface area contributed by atoms with Crippen molar-refractivity contribution in [1.82, 2.24) is 15.1 Å². The van der Waals surface area contributed by atoms with E-state index in [-0.39, 0.29) is 5.91 Å². The summed E-state index contributed by atoms with van der Waals surface area (Å²) in [5, 5.41) is 3.52. The maximum atomic E-state index is 12.0. The van der Waals surface area contributed by atoms with E-state index in [0.29, 0.717) is 18.6 Å². The van der Waals surface area contributed by atoms with Gasteiger partial charge in [0.2, 0.25) is 5.91 Å². The Balaban J connectivity index is 1.46. The highest BCUT2D eigenvalue weighted by Gasteiger charge is 2.36. The molecule has 2 heterocycles. The van der Waals surface area contributed by atoms with Crippen molar-refractivity contribution in [1.29, 1.82) is 0 Å². The van der Waals surface area contributed by atoms with Gasteiger partial charge in [0.05, 0.1) is 6.54 Å². The monoisotopic (exact) mass is 265 g/mol. The van der Waals surface area contributed by atoms with Crippen LogP contribution in [0.3, 0.4) is 0 Å². The average Bonchev–Trinajstić information content (AvgIpc) is 3.19. The molecule has 3 rings (SSSR count). The molecule has 3 aliphatic rings. The molecule has 2 saturated heterocycles. The molecule has 1 amide bonds. The van der Waals surface area contributed by atoms with Gasteiger partial charge in [0.25, 0.3) is 0 Å². The molecule has 0 radical (unpaired) electrons. The predicted octanol–water partition coefficient (Wildman–Crippen LogP) is 1.21. The Kier molecular flexibility index (Phi) is 3.81. The van der Waals surface area contributed by atoms with Gasteiger partial charge in [-0.1, -0.05) is 6.42 Å². The van der Waals surface area contributed by atoms with Gasteiger partial charge in [0, 0.05) is 31.2 Å². The minimum absolute atomic E-state index is 0.270. The summed E-state index contributed by atoms with van der Waals surface area (Å²) in [7, 11) is 4.22. The normalized spacial score (nSPS) is 35.2. The Morgan fingerprint density at radius 3 is 2.42 bits per heavy atom. The first kappa shape index (κ1) is 13.4. The van der Waals surface area contributed by atoms with Crippen LogP contribution in [0.4, 0.5) is 0 Å². The highest BCUT2D eigenvalue weighted by molar-refractivity contribution is 5.78. The molecule has 2 bridgehead atoms. The molecule has 19 heavy (non-hydrogen) atoms. The first-order valence-corrected chi connectivity index (χ1v) is 7.86. The topological polar surface area (TPSA) is 35.6 Å². The van der Waals surface area contributed by atoms with Crippen LogP contribution in [0.15, 0.2) is 0 Å². The van der Waals surface area contributed by atoms with Crippen LogP contribution in [0, 0.1) is 0 Å². The maximum absolute atomic E-state index is 12.0. The molecule has 0 spiro atoms. The first-order valence-electron chi connectivity index (χ1n) is 7.86. The zero-order valence-electron chi connectivity index (χ0n) is 12.3. The van der Waals surface area contributed by atoms with Crippen LogP contribution in [0.5, 0.6) is 0 Å². The van der Waals surface area contributed by atoms with Crippen molar-refractivity contribution in [2.75, 3.05) is 20.6 Å². The molecule has 4 heteroatoms. The fraction of sp³-hybridized carbons (Fsp3) is 0.933. The van der Waals surface area contributed by atoms with Crippen LogP contribution >= 0.6 is 0 Å². The molecule has 2 unspecified atom stereocenters. The third-order valence-corrected chi connectivity index (χ3v) is 5.37. The molecule has 1 aliphatic carbocycles. The summed E-state index contributed by atoms with van der Waals surface area (Å²) in [4.78, 5) is 16.5. The Bertz CT molecular complexity index is 328. The Labute approximate surface area is 116 Å². The summed E-state index contributed by atoms with van der Waals surface area (Å²) in [5.74, 6) is 0.270. The average molecular weight is 265 g/mol. The summed E-state index contributed by atoms with van der Waals surface area (Å²) in [5.41, 5.74) is 0. The van der Waals surface area contributed by atoms with Crippen molar-refractivity contribution < 1.29 is 4.79 Å². The Morgan fingerprint density at radius 2 is 1.84 bits per heavy atom. The number of hydrogen-bond acceptors (Lipinski definition) is 3. The van der Waals surface area contributed by atoms with Crippen molar-refractivity contribution in [2.45, 2.75) is 69.1 Å². The third kappa shape index (κ3) is 2.95. The Hall–Kier alpha value is -0.610. The van der Waals surface area contributed by atoms with Gasteiger partial charge in [0.15, 0.2) is 0 Å². The lowest BCUT2D eigenvalue weighted by molar-refractivity contribution is -0.129. The van der Waals surface area contributed by atoms with Gasteiger partial charge in [-0.25, -0.2) is 0 Å². The van der Waals surface area contributed by atoms with Gasteiger partial charge >= 0.3 is 0 Å². The molecule has 3 fully saturated rings. The second-order valence-corrected chi connectivity index (χ2v) is 6.69. The number of nitrogens with zero attached hydrogens (tertiary/aromatic N) is 2. The van der Waals surface area contributed by atoms with Crippen molar-refractivity contribution in [3.63, 3.8) is 0 Å². The zero-order valence-corrected chi connectivity index (χ0v) is 12.3. The summed E-state index contributed by atoms with van der Waals surface area (Å²) in [6.45, 7) is 0.529. The van der Waals surface area contributed by atoms with Crippen LogP contribution in [0.25, 0.3) is 0 Å². The molecule has 1 saturated carbocycles. The molecule has 2 atom stereocenters. The van der Waals surface area contributed by atoms with E-state index < -0.39 is 0 Å². The van der Waals surface area contributed by atoms with Crippen LogP contribution in [0.2, 0.25) is 0 Å². The fourth-order valence-electron chi connectivity index (χ4n) is 3.80. The van der Waals surface area contributed by atoms with E-state index in [0.717, 1.165) is 12.1 Å². The lowest BCUT2D eigenvalue weighted by Crippen LogP contribution is -2.55. The highest BCUT2D eigenvalue weighted by Crippen LogP contribution is 2.32. The quantitative estimate of drug-likeness (QED) is 0.830. The van der Waals surface area contributed by atoms with Gasteiger partial charge in [-0.3, -0.25) is 4.79 Å². The van der Waals surface area contributed by atoms with Gasteiger partial charge in [-0.2, -0.15) is 0 Å². The van der Waals surface area contributed by atoms with E-state index in [1.165, 1.54) is 44.9 Å². The van der Waals surface area contributed by atoms with Gasteiger partial charge in [0.1, 0.15) is 0 Å². The van der Waals surface area contributed by atoms with Gasteiger partial charge in [-0.05, 0) is 45.6 Å². The fourth-order valence-corrected chi connectivity index (χ4v) is 3.80. The second kappa shape index (κ2) is 5.41. The third-order valence-electron chi connectivity index (χ3n) is 5.37. The summed E-state index contributed by atoms with van der Waals surface area (Å²) < 4.78 is 0. The van der Waals surface area contributed by atoms with Crippen LogP contribution in [-0.4, -0.2) is 60.5 Å². The zero-order chi connectivity index (χ0) is 13.4.